The third-order valence-electron chi connectivity index (χ3n) is 5.70. The van der Waals surface area contributed by atoms with Gasteiger partial charge in [-0.1, -0.05) is 12.8 Å². The van der Waals surface area contributed by atoms with Gasteiger partial charge < -0.3 is 13.9 Å². The SMILES string of the molecule is Cc1cn2ccc(-c3nc(C#N)ccc3-c3cnc(CC4(O)CCCC4)o3)cc2n1. The summed E-state index contributed by atoms with van der Waals surface area (Å²) in [7, 11) is 0. The molecule has 1 saturated carbocycles. The van der Waals surface area contributed by atoms with Crippen molar-refractivity contribution in [1.29, 1.82) is 5.26 Å². The molecular weight excluding hydrogens is 378 g/mol. The molecule has 4 aromatic heterocycles. The van der Waals surface area contributed by atoms with Gasteiger partial charge >= 0.3 is 0 Å². The second-order valence-electron chi connectivity index (χ2n) is 7.99. The van der Waals surface area contributed by atoms with E-state index in [4.69, 9.17) is 4.42 Å². The van der Waals surface area contributed by atoms with Crippen molar-refractivity contribution in [3.63, 3.8) is 0 Å². The van der Waals surface area contributed by atoms with Crippen LogP contribution in [0.1, 0.15) is 43.0 Å². The van der Waals surface area contributed by atoms with E-state index in [2.05, 4.69) is 21.0 Å². The molecule has 4 aromatic rings. The molecule has 1 N–H and O–H groups in total. The van der Waals surface area contributed by atoms with Crippen molar-refractivity contribution in [3.05, 3.63) is 60.1 Å². The lowest BCUT2D eigenvalue weighted by Crippen LogP contribution is -2.27. The number of oxazole rings is 1. The maximum Gasteiger partial charge on any atom is 0.197 e. The molecule has 7 heteroatoms. The van der Waals surface area contributed by atoms with Gasteiger partial charge in [-0.3, -0.25) is 0 Å². The first-order chi connectivity index (χ1) is 14.5. The molecule has 30 heavy (non-hydrogen) atoms. The Morgan fingerprint density at radius 1 is 1.23 bits per heavy atom. The molecule has 1 fully saturated rings. The summed E-state index contributed by atoms with van der Waals surface area (Å²) in [5.74, 6) is 1.09. The number of imidazole rings is 1. The lowest BCUT2D eigenvalue weighted by atomic mass is 9.98. The highest BCUT2D eigenvalue weighted by atomic mass is 16.4. The molecule has 150 valence electrons. The van der Waals surface area contributed by atoms with E-state index < -0.39 is 5.60 Å². The average Bonchev–Trinajstić information content (AvgIpc) is 3.46. The molecule has 7 nitrogen and oxygen atoms in total. The Bertz CT molecular complexity index is 1270. The predicted molar refractivity (Wildman–Crippen MR) is 110 cm³/mol. The summed E-state index contributed by atoms with van der Waals surface area (Å²) in [6.07, 6.45) is 9.57. The third-order valence-corrected chi connectivity index (χ3v) is 5.70. The van der Waals surface area contributed by atoms with Crippen molar-refractivity contribution >= 4 is 5.65 Å². The Morgan fingerprint density at radius 2 is 2.07 bits per heavy atom. The van der Waals surface area contributed by atoms with Crippen LogP contribution in [0.15, 0.2) is 47.3 Å². The van der Waals surface area contributed by atoms with Crippen molar-refractivity contribution in [2.45, 2.75) is 44.6 Å². The minimum atomic E-state index is -0.725. The Kier molecular flexibility index (Phi) is 4.37. The van der Waals surface area contributed by atoms with Gasteiger partial charge in [0.1, 0.15) is 17.4 Å². The molecule has 0 atom stereocenters. The summed E-state index contributed by atoms with van der Waals surface area (Å²) < 4.78 is 7.96. The Labute approximate surface area is 173 Å². The van der Waals surface area contributed by atoms with Crippen LogP contribution in [-0.2, 0) is 6.42 Å². The molecule has 0 aromatic carbocycles. The fourth-order valence-corrected chi connectivity index (χ4v) is 4.20. The zero-order valence-electron chi connectivity index (χ0n) is 16.7. The van der Waals surface area contributed by atoms with Crippen LogP contribution < -0.4 is 0 Å². The second-order valence-corrected chi connectivity index (χ2v) is 7.99. The molecule has 5 rings (SSSR count). The highest BCUT2D eigenvalue weighted by Crippen LogP contribution is 2.35. The number of aromatic nitrogens is 4. The second kappa shape index (κ2) is 7.08. The predicted octanol–water partition coefficient (Wildman–Crippen LogP) is 4.08. The highest BCUT2D eigenvalue weighted by Gasteiger charge is 2.33. The number of hydrogen-bond donors (Lipinski definition) is 1. The Balaban J connectivity index is 1.56. The normalized spacial score (nSPS) is 15.5. The van der Waals surface area contributed by atoms with E-state index >= 15 is 0 Å². The van der Waals surface area contributed by atoms with Crippen molar-refractivity contribution in [1.82, 2.24) is 19.4 Å². The summed E-state index contributed by atoms with van der Waals surface area (Å²) in [5, 5.41) is 20.0. The van der Waals surface area contributed by atoms with Crippen LogP contribution in [0.2, 0.25) is 0 Å². The third kappa shape index (κ3) is 3.36. The number of fused-ring (bicyclic) bond motifs is 1. The molecule has 1 aliphatic rings. The van der Waals surface area contributed by atoms with Gasteiger partial charge in [-0.25, -0.2) is 15.0 Å². The number of hydrogen-bond acceptors (Lipinski definition) is 6. The molecule has 1 aliphatic carbocycles. The van der Waals surface area contributed by atoms with Crippen LogP contribution in [0, 0.1) is 18.3 Å². The van der Waals surface area contributed by atoms with E-state index in [0.29, 0.717) is 29.5 Å². The standard InChI is InChI=1S/C23H21N5O2/c1-15-14-28-9-6-16(10-20(28)26-15)22-18(5-4-17(12-24)27-22)19-13-25-21(30-19)11-23(29)7-2-3-8-23/h4-6,9-10,13-14,29H,2-3,7-8,11H2,1H3. The zero-order chi connectivity index (χ0) is 20.7. The molecular formula is C23H21N5O2. The zero-order valence-corrected chi connectivity index (χ0v) is 16.7. The van der Waals surface area contributed by atoms with Gasteiger partial charge in [0, 0.05) is 23.5 Å². The average molecular weight is 399 g/mol. The maximum absolute atomic E-state index is 10.7. The molecule has 0 saturated heterocycles. The number of nitriles is 1. The lowest BCUT2D eigenvalue weighted by Gasteiger charge is -2.19. The van der Waals surface area contributed by atoms with Crippen LogP contribution in [0.5, 0.6) is 0 Å². The van der Waals surface area contributed by atoms with E-state index in [1.807, 2.05) is 41.9 Å². The van der Waals surface area contributed by atoms with Crippen LogP contribution >= 0.6 is 0 Å². The van der Waals surface area contributed by atoms with Gasteiger partial charge in [0.25, 0.3) is 0 Å². The quantitative estimate of drug-likeness (QED) is 0.555. The number of aliphatic hydroxyl groups is 1. The molecule has 0 bridgehead atoms. The van der Waals surface area contributed by atoms with E-state index in [-0.39, 0.29) is 0 Å². The molecule has 0 aliphatic heterocycles. The fraction of sp³-hybridized carbons (Fsp3) is 0.304. The van der Waals surface area contributed by atoms with Crippen LogP contribution in [-0.4, -0.2) is 30.1 Å². The summed E-state index contributed by atoms with van der Waals surface area (Å²) in [5.41, 5.74) is 3.56. The fourth-order valence-electron chi connectivity index (χ4n) is 4.20. The minimum absolute atomic E-state index is 0.327. The summed E-state index contributed by atoms with van der Waals surface area (Å²) >= 11 is 0. The first-order valence-corrected chi connectivity index (χ1v) is 10.1. The van der Waals surface area contributed by atoms with E-state index in [1.54, 1.807) is 12.3 Å². The number of nitrogens with zero attached hydrogens (tertiary/aromatic N) is 5. The molecule has 0 unspecified atom stereocenters. The molecule has 4 heterocycles. The van der Waals surface area contributed by atoms with Gasteiger partial charge in [-0.15, -0.1) is 0 Å². The first-order valence-electron chi connectivity index (χ1n) is 10.1. The van der Waals surface area contributed by atoms with Crippen molar-refractivity contribution in [2.24, 2.45) is 0 Å². The van der Waals surface area contributed by atoms with Crippen molar-refractivity contribution in [3.8, 4) is 28.7 Å². The van der Waals surface area contributed by atoms with Crippen LogP contribution in [0.3, 0.4) is 0 Å². The van der Waals surface area contributed by atoms with Crippen LogP contribution in [0.25, 0.3) is 28.2 Å². The lowest BCUT2D eigenvalue weighted by molar-refractivity contribution is 0.0419. The molecule has 0 spiro atoms. The Hall–Kier alpha value is -3.50. The van der Waals surface area contributed by atoms with Gasteiger partial charge in [0.05, 0.1) is 29.6 Å². The monoisotopic (exact) mass is 399 g/mol. The number of aryl methyl sites for hydroxylation is 1. The van der Waals surface area contributed by atoms with E-state index in [9.17, 15) is 10.4 Å². The van der Waals surface area contributed by atoms with Crippen molar-refractivity contribution in [2.75, 3.05) is 0 Å². The van der Waals surface area contributed by atoms with Gasteiger partial charge in [0.2, 0.25) is 0 Å². The largest absolute Gasteiger partial charge is 0.441 e. The first kappa shape index (κ1) is 18.5. The smallest absolute Gasteiger partial charge is 0.197 e. The summed E-state index contributed by atoms with van der Waals surface area (Å²) in [4.78, 5) is 13.5. The number of pyridine rings is 2. The topological polar surface area (TPSA) is 100 Å². The minimum Gasteiger partial charge on any atom is -0.441 e. The van der Waals surface area contributed by atoms with Crippen LogP contribution in [0.4, 0.5) is 0 Å². The van der Waals surface area contributed by atoms with Gasteiger partial charge in [-0.05, 0) is 44.0 Å². The van der Waals surface area contributed by atoms with E-state index in [1.165, 1.54) is 0 Å². The van der Waals surface area contributed by atoms with Gasteiger partial charge in [-0.2, -0.15) is 5.26 Å². The Morgan fingerprint density at radius 3 is 2.87 bits per heavy atom. The summed E-state index contributed by atoms with van der Waals surface area (Å²) in [6, 6.07) is 9.49. The maximum atomic E-state index is 10.7. The molecule has 0 radical (unpaired) electrons. The number of rotatable bonds is 4. The highest BCUT2D eigenvalue weighted by molar-refractivity contribution is 5.79. The van der Waals surface area contributed by atoms with E-state index in [0.717, 1.165) is 48.2 Å². The van der Waals surface area contributed by atoms with Gasteiger partial charge in [0.15, 0.2) is 11.7 Å². The van der Waals surface area contributed by atoms with Crippen molar-refractivity contribution < 1.29 is 9.52 Å². The molecule has 0 amide bonds. The summed E-state index contributed by atoms with van der Waals surface area (Å²) in [6.45, 7) is 1.95.